The molecule has 0 N–H and O–H groups in total. The van der Waals surface area contributed by atoms with E-state index >= 15 is 0 Å². The van der Waals surface area contributed by atoms with E-state index in [2.05, 4.69) is 15.0 Å². The van der Waals surface area contributed by atoms with Crippen molar-refractivity contribution in [1.82, 2.24) is 15.3 Å². The van der Waals surface area contributed by atoms with Gasteiger partial charge in [-0.3, -0.25) is 9.63 Å². The van der Waals surface area contributed by atoms with Crippen LogP contribution in [0.4, 0.5) is 0 Å². The molecular weight excluding hydrogens is 194 g/mol. The van der Waals surface area contributed by atoms with Crippen LogP contribution in [0.3, 0.4) is 0 Å². The summed E-state index contributed by atoms with van der Waals surface area (Å²) < 4.78 is 0. The molecule has 0 aliphatic rings. The van der Waals surface area contributed by atoms with Gasteiger partial charge in [0.15, 0.2) is 10.8 Å². The van der Waals surface area contributed by atoms with Crippen molar-refractivity contribution in [2.75, 3.05) is 14.2 Å². The Kier molecular flexibility index (Phi) is 3.16. The fraction of sp³-hybridized carbons (Fsp3) is 0.286. The van der Waals surface area contributed by atoms with Crippen LogP contribution < -0.4 is 0 Å². The number of halogens is 1. The predicted octanol–water partition coefficient (Wildman–Crippen LogP) is 0.763. The van der Waals surface area contributed by atoms with Crippen molar-refractivity contribution >= 4 is 17.5 Å². The summed E-state index contributed by atoms with van der Waals surface area (Å²) in [6.07, 6.45) is 0. The molecule has 0 saturated heterocycles. The Bertz CT molecular complexity index is 301. The molecule has 0 atom stereocenters. The van der Waals surface area contributed by atoms with Gasteiger partial charge < -0.3 is 0 Å². The summed E-state index contributed by atoms with van der Waals surface area (Å²) >= 11 is 5.50. The molecular formula is C7H8ClN3O2. The third-order valence-electron chi connectivity index (χ3n) is 1.41. The number of hydrogen-bond donors (Lipinski definition) is 0. The molecule has 0 aromatic carbocycles. The van der Waals surface area contributed by atoms with Crippen LogP contribution in [0.2, 0.25) is 5.15 Å². The zero-order valence-corrected chi connectivity index (χ0v) is 7.95. The molecule has 0 aliphatic carbocycles. The summed E-state index contributed by atoms with van der Waals surface area (Å²) in [4.78, 5) is 16.0. The van der Waals surface area contributed by atoms with Gasteiger partial charge in [-0.15, -0.1) is 10.2 Å². The van der Waals surface area contributed by atoms with Crippen LogP contribution in [0.15, 0.2) is 12.1 Å². The highest BCUT2D eigenvalue weighted by Crippen LogP contribution is 2.04. The van der Waals surface area contributed by atoms with Gasteiger partial charge in [0.2, 0.25) is 0 Å². The predicted molar refractivity (Wildman–Crippen MR) is 46.1 cm³/mol. The van der Waals surface area contributed by atoms with E-state index in [-0.39, 0.29) is 16.8 Å². The van der Waals surface area contributed by atoms with Crippen molar-refractivity contribution < 1.29 is 9.63 Å². The number of rotatable bonds is 2. The Labute approximate surface area is 80.2 Å². The van der Waals surface area contributed by atoms with Gasteiger partial charge in [-0.2, -0.15) is 0 Å². The van der Waals surface area contributed by atoms with Crippen LogP contribution >= 0.6 is 11.6 Å². The lowest BCUT2D eigenvalue weighted by atomic mass is 10.4. The van der Waals surface area contributed by atoms with E-state index in [9.17, 15) is 4.79 Å². The van der Waals surface area contributed by atoms with E-state index in [0.717, 1.165) is 5.06 Å². The Hall–Kier alpha value is -1.20. The Balaban J connectivity index is 2.83. The van der Waals surface area contributed by atoms with Gasteiger partial charge >= 0.3 is 0 Å². The highest BCUT2D eigenvalue weighted by Gasteiger charge is 2.12. The van der Waals surface area contributed by atoms with Crippen LogP contribution in [0.5, 0.6) is 0 Å². The molecule has 13 heavy (non-hydrogen) atoms. The fourth-order valence-corrected chi connectivity index (χ4v) is 0.775. The molecule has 6 heteroatoms. The smallest absolute Gasteiger partial charge is 0.274 e. The van der Waals surface area contributed by atoms with Gasteiger partial charge in [0.1, 0.15) is 0 Å². The molecule has 0 fully saturated rings. The van der Waals surface area contributed by atoms with Gasteiger partial charge in [-0.25, -0.2) is 5.06 Å². The topological polar surface area (TPSA) is 55.3 Å². The Morgan fingerprint density at radius 2 is 2.23 bits per heavy atom. The molecule has 0 bridgehead atoms. The zero-order chi connectivity index (χ0) is 9.84. The normalized spacial score (nSPS) is 9.77. The van der Waals surface area contributed by atoms with Gasteiger partial charge in [0, 0.05) is 7.05 Å². The molecule has 0 spiro atoms. The lowest BCUT2D eigenvalue weighted by Gasteiger charge is -2.11. The number of hydrogen-bond acceptors (Lipinski definition) is 4. The van der Waals surface area contributed by atoms with Crippen molar-refractivity contribution in [2.24, 2.45) is 0 Å². The molecule has 1 amide bonds. The molecule has 5 nitrogen and oxygen atoms in total. The van der Waals surface area contributed by atoms with Crippen LogP contribution in [-0.2, 0) is 4.84 Å². The molecule has 0 unspecified atom stereocenters. The van der Waals surface area contributed by atoms with E-state index in [1.807, 2.05) is 0 Å². The number of nitrogens with zero attached hydrogens (tertiary/aromatic N) is 3. The van der Waals surface area contributed by atoms with E-state index in [1.165, 1.54) is 26.3 Å². The average Bonchev–Trinajstić information content (AvgIpc) is 2.17. The minimum atomic E-state index is -0.369. The van der Waals surface area contributed by atoms with Crippen LogP contribution in [0, 0.1) is 0 Å². The maximum atomic E-state index is 11.3. The molecule has 0 saturated carbocycles. The summed E-state index contributed by atoms with van der Waals surface area (Å²) in [5, 5.41) is 8.42. The fourth-order valence-electron chi connectivity index (χ4n) is 0.674. The van der Waals surface area contributed by atoms with Crippen molar-refractivity contribution in [3.05, 3.63) is 23.0 Å². The summed E-state index contributed by atoms with van der Waals surface area (Å²) in [6.45, 7) is 0. The summed E-state index contributed by atoms with van der Waals surface area (Å²) in [7, 11) is 2.87. The second-order valence-corrected chi connectivity index (χ2v) is 2.61. The van der Waals surface area contributed by atoms with Crippen molar-refractivity contribution in [2.45, 2.75) is 0 Å². The highest BCUT2D eigenvalue weighted by molar-refractivity contribution is 6.29. The van der Waals surface area contributed by atoms with E-state index in [1.54, 1.807) is 0 Å². The quantitative estimate of drug-likeness (QED) is 0.663. The SMILES string of the molecule is CON(C)C(=O)c1ccc(Cl)nn1. The van der Waals surface area contributed by atoms with Crippen molar-refractivity contribution in [3.8, 4) is 0 Å². The number of amides is 1. The number of hydroxylamine groups is 2. The first-order valence-electron chi connectivity index (χ1n) is 3.46. The monoisotopic (exact) mass is 201 g/mol. The first kappa shape index (κ1) is 9.88. The molecule has 0 radical (unpaired) electrons. The summed E-state index contributed by atoms with van der Waals surface area (Å²) in [5.74, 6) is -0.369. The molecule has 1 aromatic heterocycles. The third kappa shape index (κ3) is 2.37. The minimum Gasteiger partial charge on any atom is -0.274 e. The first-order valence-corrected chi connectivity index (χ1v) is 3.84. The standard InChI is InChI=1S/C7H8ClN3O2/c1-11(13-2)7(12)5-3-4-6(8)10-9-5/h3-4H,1-2H3. The maximum absolute atomic E-state index is 11.3. The number of carbonyl (C=O) groups is 1. The average molecular weight is 202 g/mol. The summed E-state index contributed by atoms with van der Waals surface area (Å²) in [5.41, 5.74) is 0.189. The largest absolute Gasteiger partial charge is 0.297 e. The maximum Gasteiger partial charge on any atom is 0.297 e. The first-order chi connectivity index (χ1) is 6.15. The molecule has 1 rings (SSSR count). The Morgan fingerprint density at radius 3 is 2.69 bits per heavy atom. The number of carbonyl (C=O) groups excluding carboxylic acids is 1. The highest BCUT2D eigenvalue weighted by atomic mass is 35.5. The van der Waals surface area contributed by atoms with Gasteiger partial charge in [-0.05, 0) is 12.1 Å². The van der Waals surface area contributed by atoms with Gasteiger partial charge in [-0.1, -0.05) is 11.6 Å². The zero-order valence-electron chi connectivity index (χ0n) is 7.19. The van der Waals surface area contributed by atoms with Crippen LogP contribution in [-0.4, -0.2) is 35.3 Å². The lowest BCUT2D eigenvalue weighted by Crippen LogP contribution is -2.26. The summed E-state index contributed by atoms with van der Waals surface area (Å²) in [6, 6.07) is 2.97. The van der Waals surface area contributed by atoms with Gasteiger partial charge in [0.25, 0.3) is 5.91 Å². The van der Waals surface area contributed by atoms with E-state index in [4.69, 9.17) is 11.6 Å². The second-order valence-electron chi connectivity index (χ2n) is 2.23. The molecule has 1 heterocycles. The van der Waals surface area contributed by atoms with E-state index < -0.39 is 0 Å². The third-order valence-corrected chi connectivity index (χ3v) is 1.61. The number of aromatic nitrogens is 2. The second kappa shape index (κ2) is 4.15. The van der Waals surface area contributed by atoms with Crippen molar-refractivity contribution in [3.63, 3.8) is 0 Å². The van der Waals surface area contributed by atoms with Crippen molar-refractivity contribution in [1.29, 1.82) is 0 Å². The van der Waals surface area contributed by atoms with Crippen LogP contribution in [0.25, 0.3) is 0 Å². The van der Waals surface area contributed by atoms with Gasteiger partial charge in [0.05, 0.1) is 7.11 Å². The molecule has 1 aromatic rings. The lowest BCUT2D eigenvalue weighted by molar-refractivity contribution is -0.0761. The minimum absolute atomic E-state index is 0.189. The molecule has 70 valence electrons. The van der Waals surface area contributed by atoms with E-state index in [0.29, 0.717) is 0 Å². The van der Waals surface area contributed by atoms with Crippen LogP contribution in [0.1, 0.15) is 10.5 Å². The molecule has 0 aliphatic heterocycles. The Morgan fingerprint density at radius 1 is 1.54 bits per heavy atom.